The van der Waals surface area contributed by atoms with Gasteiger partial charge in [0.1, 0.15) is 0 Å². The normalized spacial score (nSPS) is 33.6. The van der Waals surface area contributed by atoms with E-state index in [4.69, 9.17) is 4.99 Å². The first-order valence-electron chi connectivity index (χ1n) is 13.2. The van der Waals surface area contributed by atoms with E-state index in [9.17, 15) is 19.8 Å². The second-order valence-electron chi connectivity index (χ2n) is 11.6. The molecule has 2 aliphatic heterocycles. The van der Waals surface area contributed by atoms with Crippen molar-refractivity contribution in [2.45, 2.75) is 69.2 Å². The molecule has 7 rings (SSSR count). The van der Waals surface area contributed by atoms with E-state index in [0.717, 1.165) is 55.2 Å². The summed E-state index contributed by atoms with van der Waals surface area (Å²) in [6.07, 6.45) is 11.7. The van der Waals surface area contributed by atoms with Gasteiger partial charge in [-0.2, -0.15) is 0 Å². The van der Waals surface area contributed by atoms with Crippen LogP contribution in [0.2, 0.25) is 0 Å². The standard InChI is InChI=1S/C28H32N4O4/c33-21-4-2-11-31(15-21)20-7-6-19(29-13-20)14-32-12-8-18-3-1-5-22(23(18)32)24(34)30-28(9-10-28)27-16-26(27,17-27)25(35)36/h1,3,5,7-8,12-13,19,21,33H,2,4,6,9-11,14-17H2,(H,30,34)(H,35,36). The number of carbonyl (C=O) groups is 2. The van der Waals surface area contributed by atoms with Gasteiger partial charge in [-0.1, -0.05) is 18.2 Å². The highest BCUT2D eigenvalue weighted by Gasteiger charge is 2.95. The number of hydrogen-bond acceptors (Lipinski definition) is 5. The van der Waals surface area contributed by atoms with Crippen molar-refractivity contribution in [3.05, 3.63) is 47.8 Å². The van der Waals surface area contributed by atoms with Crippen LogP contribution in [0.4, 0.5) is 0 Å². The van der Waals surface area contributed by atoms with Crippen molar-refractivity contribution in [1.29, 1.82) is 0 Å². The number of amides is 1. The first-order valence-corrected chi connectivity index (χ1v) is 13.2. The third kappa shape index (κ3) is 3.13. The van der Waals surface area contributed by atoms with Gasteiger partial charge in [0, 0.05) is 48.4 Å². The average Bonchev–Trinajstić information content (AvgIpc) is 3.79. The molecule has 0 spiro atoms. The van der Waals surface area contributed by atoms with Crippen LogP contribution in [-0.2, 0) is 11.3 Å². The molecule has 3 aliphatic carbocycles. The fraction of sp³-hybridized carbons (Fsp3) is 0.536. The van der Waals surface area contributed by atoms with Gasteiger partial charge >= 0.3 is 5.97 Å². The van der Waals surface area contributed by atoms with E-state index in [1.807, 2.05) is 36.7 Å². The molecule has 4 fully saturated rings. The van der Waals surface area contributed by atoms with Gasteiger partial charge in [0.15, 0.2) is 0 Å². The molecule has 1 aromatic heterocycles. The van der Waals surface area contributed by atoms with Crippen molar-refractivity contribution in [3.8, 4) is 0 Å². The van der Waals surface area contributed by atoms with Crippen molar-refractivity contribution in [2.75, 3.05) is 13.1 Å². The highest BCUT2D eigenvalue weighted by Crippen LogP contribution is 2.93. The number of aliphatic hydroxyl groups is 1. The number of allylic oxidation sites excluding steroid dienone is 1. The molecule has 8 heteroatoms. The largest absolute Gasteiger partial charge is 0.481 e. The minimum Gasteiger partial charge on any atom is -0.481 e. The number of rotatable bonds is 7. The fourth-order valence-electron chi connectivity index (χ4n) is 7.07. The molecule has 1 amide bonds. The molecule has 0 radical (unpaired) electrons. The summed E-state index contributed by atoms with van der Waals surface area (Å²) in [6, 6.07) is 7.93. The minimum absolute atomic E-state index is 0.0814. The van der Waals surface area contributed by atoms with Crippen molar-refractivity contribution in [1.82, 2.24) is 14.8 Å². The van der Waals surface area contributed by atoms with Crippen LogP contribution in [-0.4, -0.2) is 68.5 Å². The van der Waals surface area contributed by atoms with Gasteiger partial charge in [0.2, 0.25) is 0 Å². The Morgan fingerprint density at radius 2 is 2.03 bits per heavy atom. The molecule has 3 heterocycles. The van der Waals surface area contributed by atoms with Crippen molar-refractivity contribution in [3.63, 3.8) is 0 Å². The molecular formula is C28H32N4O4. The maximum absolute atomic E-state index is 13.5. The Kier molecular flexibility index (Phi) is 4.57. The number of carboxylic acids is 1. The van der Waals surface area contributed by atoms with Crippen LogP contribution in [0.3, 0.4) is 0 Å². The van der Waals surface area contributed by atoms with Gasteiger partial charge in [-0.3, -0.25) is 14.6 Å². The molecule has 1 aromatic carbocycles. The number of aliphatic hydroxyl groups excluding tert-OH is 1. The van der Waals surface area contributed by atoms with Crippen LogP contribution >= 0.6 is 0 Å². The third-order valence-corrected chi connectivity index (χ3v) is 9.52. The Morgan fingerprint density at radius 1 is 1.19 bits per heavy atom. The van der Waals surface area contributed by atoms with Gasteiger partial charge < -0.3 is 25.0 Å². The van der Waals surface area contributed by atoms with Gasteiger partial charge in [-0.05, 0) is 57.1 Å². The molecule has 3 N–H and O–H groups in total. The number of carboxylic acid groups (broad SMARTS) is 1. The first kappa shape index (κ1) is 22.1. The number of β-amino-alcohol motifs (C(OH)–C–C–N with tert-alkyl or cyclic N) is 1. The SMILES string of the molecule is O=C(NC1(C23CC2(C(=O)O)C3)CC1)c1cccc2ccn(CC3CC=C(N4CCCC(O)C4)C=N3)c12. The van der Waals surface area contributed by atoms with E-state index < -0.39 is 11.4 Å². The Bertz CT molecular complexity index is 1330. The number of aliphatic carboxylic acids is 1. The predicted octanol–water partition coefficient (Wildman–Crippen LogP) is 2.95. The smallest absolute Gasteiger partial charge is 0.310 e. The van der Waals surface area contributed by atoms with Gasteiger partial charge in [0.05, 0.1) is 34.3 Å². The van der Waals surface area contributed by atoms with Gasteiger partial charge in [-0.25, -0.2) is 0 Å². The van der Waals surface area contributed by atoms with E-state index in [2.05, 4.69) is 20.9 Å². The Labute approximate surface area is 209 Å². The van der Waals surface area contributed by atoms with Crippen LogP contribution in [0.1, 0.15) is 55.3 Å². The van der Waals surface area contributed by atoms with Crippen molar-refractivity contribution in [2.24, 2.45) is 15.8 Å². The highest BCUT2D eigenvalue weighted by atomic mass is 16.4. The number of benzene rings is 1. The molecule has 8 nitrogen and oxygen atoms in total. The third-order valence-electron chi connectivity index (χ3n) is 9.52. The molecule has 188 valence electrons. The quantitative estimate of drug-likeness (QED) is 0.556. The Hall–Kier alpha value is -3.13. The van der Waals surface area contributed by atoms with E-state index >= 15 is 0 Å². The number of likely N-dealkylation sites (tertiary alicyclic amines) is 1. The van der Waals surface area contributed by atoms with Crippen LogP contribution in [0.5, 0.6) is 0 Å². The lowest BCUT2D eigenvalue weighted by Gasteiger charge is -2.33. The fourth-order valence-corrected chi connectivity index (χ4v) is 7.07. The molecule has 36 heavy (non-hydrogen) atoms. The zero-order valence-electron chi connectivity index (χ0n) is 20.3. The molecule has 1 saturated heterocycles. The number of aliphatic imine (C=N–C) groups is 1. The van der Waals surface area contributed by atoms with Crippen molar-refractivity contribution < 1.29 is 19.8 Å². The molecule has 2 aromatic rings. The lowest BCUT2D eigenvalue weighted by atomic mass is 10.0. The van der Waals surface area contributed by atoms with E-state index in [-0.39, 0.29) is 29.0 Å². The molecule has 5 aliphatic rings. The number of nitrogens with one attached hydrogen (secondary N) is 1. The summed E-state index contributed by atoms with van der Waals surface area (Å²) < 4.78 is 2.13. The number of piperidine rings is 1. The van der Waals surface area contributed by atoms with Crippen LogP contribution in [0.25, 0.3) is 10.9 Å². The first-order chi connectivity index (χ1) is 17.4. The van der Waals surface area contributed by atoms with Gasteiger partial charge in [0.25, 0.3) is 5.91 Å². The Balaban J connectivity index is 1.08. The van der Waals surface area contributed by atoms with Crippen LogP contribution in [0.15, 0.2) is 47.2 Å². The lowest BCUT2D eigenvalue weighted by Crippen LogP contribution is -2.41. The summed E-state index contributed by atoms with van der Waals surface area (Å²) in [7, 11) is 0. The number of aromatic nitrogens is 1. The topological polar surface area (TPSA) is 107 Å². The van der Waals surface area contributed by atoms with Crippen molar-refractivity contribution >= 4 is 29.0 Å². The maximum Gasteiger partial charge on any atom is 0.310 e. The summed E-state index contributed by atoms with van der Waals surface area (Å²) in [5.41, 5.74) is 1.49. The second-order valence-corrected chi connectivity index (χ2v) is 11.6. The predicted molar refractivity (Wildman–Crippen MR) is 135 cm³/mol. The van der Waals surface area contributed by atoms with Crippen LogP contribution < -0.4 is 5.32 Å². The van der Waals surface area contributed by atoms with E-state index in [1.165, 1.54) is 0 Å². The monoisotopic (exact) mass is 488 g/mol. The van der Waals surface area contributed by atoms with E-state index in [1.54, 1.807) is 0 Å². The molecule has 3 saturated carbocycles. The number of dihydropyridines is 1. The molecule has 0 bridgehead atoms. The summed E-state index contributed by atoms with van der Waals surface area (Å²) in [4.78, 5) is 32.3. The zero-order valence-corrected chi connectivity index (χ0v) is 20.3. The second kappa shape index (κ2) is 7.44. The zero-order chi connectivity index (χ0) is 24.7. The number of fused-ring (bicyclic) bond motifs is 2. The Morgan fingerprint density at radius 3 is 2.69 bits per heavy atom. The summed E-state index contributed by atoms with van der Waals surface area (Å²) in [5, 5.41) is 23.9. The number of para-hydroxylation sites is 1. The molecule has 2 atom stereocenters. The van der Waals surface area contributed by atoms with E-state index in [0.29, 0.717) is 31.5 Å². The van der Waals surface area contributed by atoms with Crippen LogP contribution in [0, 0.1) is 10.8 Å². The number of carbonyl (C=O) groups excluding carboxylic acids is 1. The van der Waals surface area contributed by atoms with Gasteiger partial charge in [-0.15, -0.1) is 0 Å². The maximum atomic E-state index is 13.5. The lowest BCUT2D eigenvalue weighted by molar-refractivity contribution is -0.141. The number of nitrogens with zero attached hydrogens (tertiary/aromatic N) is 3. The summed E-state index contributed by atoms with van der Waals surface area (Å²) in [5.74, 6) is -0.816. The number of hydrogen-bond donors (Lipinski definition) is 3. The molecule has 2 unspecified atom stereocenters. The highest BCUT2D eigenvalue weighted by molar-refractivity contribution is 6.06. The summed E-state index contributed by atoms with van der Waals surface area (Å²) >= 11 is 0. The molecular weight excluding hydrogens is 456 g/mol. The summed E-state index contributed by atoms with van der Waals surface area (Å²) in [6.45, 7) is 2.30. The average molecular weight is 489 g/mol. The minimum atomic E-state index is -0.708.